The number of rotatable bonds is 5. The molecule has 7 nitrogen and oxygen atoms in total. The normalized spacial score (nSPS) is 15.0. The van der Waals surface area contributed by atoms with Crippen LogP contribution in [0.1, 0.15) is 47.7 Å². The monoisotopic (exact) mass is 540 g/mol. The molecular formula is C27H23Cl2FN4O3. The molecule has 2 aromatic carbocycles. The fourth-order valence-electron chi connectivity index (χ4n) is 4.75. The Kier molecular flexibility index (Phi) is 6.33. The highest BCUT2D eigenvalue weighted by molar-refractivity contribution is 6.31. The molecule has 37 heavy (non-hydrogen) atoms. The van der Waals surface area contributed by atoms with Crippen molar-refractivity contribution in [2.45, 2.75) is 25.9 Å². The number of aromatic nitrogens is 3. The summed E-state index contributed by atoms with van der Waals surface area (Å²) >= 11 is 12.2. The van der Waals surface area contributed by atoms with Crippen molar-refractivity contribution >= 4 is 34.8 Å². The molecule has 190 valence electrons. The molecule has 4 aromatic rings. The van der Waals surface area contributed by atoms with Gasteiger partial charge in [-0.2, -0.15) is 0 Å². The highest BCUT2D eigenvalue weighted by Gasteiger charge is 2.45. The minimum absolute atomic E-state index is 0.0402. The van der Waals surface area contributed by atoms with Crippen LogP contribution in [0.25, 0.3) is 11.4 Å². The van der Waals surface area contributed by atoms with E-state index in [4.69, 9.17) is 32.9 Å². The first-order chi connectivity index (χ1) is 17.6. The van der Waals surface area contributed by atoms with Crippen molar-refractivity contribution in [2.24, 2.45) is 7.05 Å². The first-order valence-electron chi connectivity index (χ1n) is 11.5. The van der Waals surface area contributed by atoms with E-state index in [1.807, 2.05) is 18.4 Å². The molecule has 1 atom stereocenters. The van der Waals surface area contributed by atoms with E-state index in [1.54, 1.807) is 43.6 Å². The van der Waals surface area contributed by atoms with Crippen LogP contribution in [0.15, 0.2) is 59.5 Å². The Balaban J connectivity index is 1.82. The van der Waals surface area contributed by atoms with Gasteiger partial charge in [0.15, 0.2) is 11.5 Å². The van der Waals surface area contributed by atoms with Gasteiger partial charge in [0.1, 0.15) is 17.6 Å². The zero-order valence-electron chi connectivity index (χ0n) is 20.5. The summed E-state index contributed by atoms with van der Waals surface area (Å²) in [5.74, 6) is -0.347. The highest BCUT2D eigenvalue weighted by Crippen LogP contribution is 2.46. The number of pyridine rings is 1. The van der Waals surface area contributed by atoms with Gasteiger partial charge in [0.05, 0.1) is 29.1 Å². The number of aryl methyl sites for hydroxylation is 1. The van der Waals surface area contributed by atoms with Crippen molar-refractivity contribution in [3.8, 4) is 17.1 Å². The van der Waals surface area contributed by atoms with Crippen molar-refractivity contribution < 1.29 is 13.9 Å². The average molecular weight is 541 g/mol. The van der Waals surface area contributed by atoms with Crippen LogP contribution in [-0.2, 0) is 7.05 Å². The molecule has 0 saturated carbocycles. The summed E-state index contributed by atoms with van der Waals surface area (Å²) < 4.78 is 24.1. The second kappa shape index (κ2) is 9.36. The molecule has 0 N–H and O–H groups in total. The molecule has 1 aliphatic heterocycles. The van der Waals surface area contributed by atoms with E-state index in [0.717, 1.165) is 0 Å². The minimum Gasteiger partial charge on any atom is -0.494 e. The number of carbonyl (C=O) groups excluding carboxylic acids is 1. The van der Waals surface area contributed by atoms with E-state index in [9.17, 15) is 9.59 Å². The zero-order valence-corrected chi connectivity index (χ0v) is 22.0. The van der Waals surface area contributed by atoms with Gasteiger partial charge in [-0.1, -0.05) is 41.4 Å². The molecule has 0 radical (unpaired) electrons. The van der Waals surface area contributed by atoms with Gasteiger partial charge in [0.25, 0.3) is 11.5 Å². The van der Waals surface area contributed by atoms with Crippen LogP contribution in [0.4, 0.5) is 10.1 Å². The van der Waals surface area contributed by atoms with Crippen LogP contribution in [0.5, 0.6) is 5.75 Å². The largest absolute Gasteiger partial charge is 0.494 e. The second-order valence-electron chi connectivity index (χ2n) is 9.04. The summed E-state index contributed by atoms with van der Waals surface area (Å²) in [5.41, 5.74) is 1.68. The van der Waals surface area contributed by atoms with E-state index in [2.05, 4.69) is 0 Å². The fourth-order valence-corrected chi connectivity index (χ4v) is 5.05. The van der Waals surface area contributed by atoms with Gasteiger partial charge < -0.3 is 13.9 Å². The predicted molar refractivity (Wildman–Crippen MR) is 141 cm³/mol. The summed E-state index contributed by atoms with van der Waals surface area (Å²) in [7, 11) is 3.13. The number of methoxy groups -OCH3 is 1. The van der Waals surface area contributed by atoms with Crippen LogP contribution >= 0.6 is 23.2 Å². The molecular weight excluding hydrogens is 518 g/mol. The van der Waals surface area contributed by atoms with Crippen LogP contribution in [0.2, 0.25) is 10.0 Å². The standard InChI is InChI=1S/C27H23Cl2FN4O3/c1-14(2)33-25-23(31-26(33)17-12-21(35)32(3)13-20(17)37-4)27(36)34(19-7-5-6-18(29)22(19)30)24(25)15-8-10-16(28)11-9-15/h5-14,24H,1-4H3. The Morgan fingerprint density at radius 2 is 1.78 bits per heavy atom. The van der Waals surface area contributed by atoms with Crippen LogP contribution in [0.3, 0.4) is 0 Å². The second-order valence-corrected chi connectivity index (χ2v) is 9.88. The summed E-state index contributed by atoms with van der Waals surface area (Å²) in [6.45, 7) is 3.90. The van der Waals surface area contributed by atoms with Gasteiger partial charge in [-0.15, -0.1) is 0 Å². The molecule has 10 heteroatoms. The van der Waals surface area contributed by atoms with Gasteiger partial charge in [-0.25, -0.2) is 9.37 Å². The summed E-state index contributed by atoms with van der Waals surface area (Å²) in [6.07, 6.45) is 1.58. The quantitative estimate of drug-likeness (QED) is 0.309. The first-order valence-corrected chi connectivity index (χ1v) is 12.3. The van der Waals surface area contributed by atoms with Crippen LogP contribution < -0.4 is 15.2 Å². The molecule has 3 heterocycles. The highest BCUT2D eigenvalue weighted by atomic mass is 35.5. The average Bonchev–Trinajstić information content (AvgIpc) is 3.38. The Morgan fingerprint density at radius 3 is 2.43 bits per heavy atom. The molecule has 0 bridgehead atoms. The number of ether oxygens (including phenoxy) is 1. The molecule has 0 fully saturated rings. The van der Waals surface area contributed by atoms with Gasteiger partial charge in [0, 0.05) is 30.4 Å². The number of benzene rings is 2. The number of hydrogen-bond acceptors (Lipinski definition) is 4. The summed E-state index contributed by atoms with van der Waals surface area (Å²) in [5, 5.41) is 0.429. The third-order valence-electron chi connectivity index (χ3n) is 6.43. The summed E-state index contributed by atoms with van der Waals surface area (Å²) in [6, 6.07) is 12.1. The summed E-state index contributed by atoms with van der Waals surface area (Å²) in [4.78, 5) is 32.6. The third-order valence-corrected chi connectivity index (χ3v) is 6.98. The number of carbonyl (C=O) groups is 1. The van der Waals surface area contributed by atoms with Crippen molar-refractivity contribution in [1.82, 2.24) is 14.1 Å². The number of nitrogens with zero attached hydrogens (tertiary/aromatic N) is 4. The lowest BCUT2D eigenvalue weighted by molar-refractivity contribution is 0.0988. The molecule has 1 amide bonds. The molecule has 2 aromatic heterocycles. The van der Waals surface area contributed by atoms with Crippen LogP contribution in [0, 0.1) is 5.82 Å². The maximum absolute atomic E-state index is 15.3. The molecule has 1 unspecified atom stereocenters. The number of hydrogen-bond donors (Lipinski definition) is 0. The molecule has 1 aliphatic rings. The lowest BCUT2D eigenvalue weighted by atomic mass is 10.0. The number of anilines is 1. The van der Waals surface area contributed by atoms with Crippen molar-refractivity contribution in [3.63, 3.8) is 0 Å². The Bertz CT molecular complexity index is 1590. The molecule has 0 spiro atoms. The SMILES string of the molecule is COc1cn(C)c(=O)cc1-c1nc2c(n1C(C)C)C(c1ccc(Cl)cc1)N(c1cccc(Cl)c1F)C2=O. The topological polar surface area (TPSA) is 69.4 Å². The lowest BCUT2D eigenvalue weighted by Crippen LogP contribution is -2.31. The minimum atomic E-state index is -0.728. The van der Waals surface area contributed by atoms with E-state index in [1.165, 1.54) is 34.8 Å². The van der Waals surface area contributed by atoms with Gasteiger partial charge >= 0.3 is 0 Å². The number of halogens is 3. The number of imidazole rings is 1. The maximum Gasteiger partial charge on any atom is 0.279 e. The predicted octanol–water partition coefficient (Wildman–Crippen LogP) is 6.03. The Morgan fingerprint density at radius 1 is 1.08 bits per heavy atom. The van der Waals surface area contributed by atoms with E-state index in [-0.39, 0.29) is 28.0 Å². The van der Waals surface area contributed by atoms with E-state index < -0.39 is 17.8 Å². The fraction of sp³-hybridized carbons (Fsp3) is 0.222. The van der Waals surface area contributed by atoms with E-state index in [0.29, 0.717) is 33.4 Å². The molecule has 0 aliphatic carbocycles. The molecule has 5 rings (SSSR count). The van der Waals surface area contributed by atoms with Gasteiger partial charge in [0.2, 0.25) is 0 Å². The van der Waals surface area contributed by atoms with Crippen LogP contribution in [-0.4, -0.2) is 27.1 Å². The Hall–Kier alpha value is -3.62. The maximum atomic E-state index is 15.3. The van der Waals surface area contributed by atoms with Crippen molar-refractivity contribution in [3.05, 3.63) is 97.9 Å². The van der Waals surface area contributed by atoms with E-state index >= 15 is 4.39 Å². The van der Waals surface area contributed by atoms with Crippen molar-refractivity contribution in [2.75, 3.05) is 12.0 Å². The smallest absolute Gasteiger partial charge is 0.279 e. The third kappa shape index (κ3) is 4.01. The number of fused-ring (bicyclic) bond motifs is 1. The lowest BCUT2D eigenvalue weighted by Gasteiger charge is -2.29. The van der Waals surface area contributed by atoms with Gasteiger partial charge in [-0.05, 0) is 43.7 Å². The molecule has 0 saturated heterocycles. The first kappa shape index (κ1) is 25.0. The Labute approximate surface area is 222 Å². The zero-order chi connectivity index (χ0) is 26.6. The van der Waals surface area contributed by atoms with Crippen molar-refractivity contribution in [1.29, 1.82) is 0 Å². The number of amides is 1. The van der Waals surface area contributed by atoms with Gasteiger partial charge in [-0.3, -0.25) is 14.5 Å².